The highest BCUT2D eigenvalue weighted by Crippen LogP contribution is 2.34. The van der Waals surface area contributed by atoms with Crippen molar-refractivity contribution in [1.82, 2.24) is 0 Å². The van der Waals surface area contributed by atoms with Gasteiger partial charge < -0.3 is 10.8 Å². The molecule has 1 fully saturated rings. The van der Waals surface area contributed by atoms with Crippen LogP contribution in [0.1, 0.15) is 39.0 Å². The minimum Gasteiger partial charge on any atom is -0.480 e. The molecule has 0 aromatic heterocycles. The van der Waals surface area contributed by atoms with E-state index >= 15 is 0 Å². The molecule has 2 atom stereocenters. The summed E-state index contributed by atoms with van der Waals surface area (Å²) in [5, 5.41) is 8.97. The zero-order valence-corrected chi connectivity index (χ0v) is 7.55. The summed E-state index contributed by atoms with van der Waals surface area (Å²) in [6.45, 7) is 2.01. The molecule has 0 aliphatic heterocycles. The number of carbonyl (C=O) groups is 1. The molecule has 70 valence electrons. The fourth-order valence-corrected chi connectivity index (χ4v) is 2.12. The Labute approximate surface area is 72.9 Å². The number of rotatable bonds is 2. The zero-order valence-electron chi connectivity index (χ0n) is 7.55. The molecule has 1 saturated carbocycles. The van der Waals surface area contributed by atoms with Crippen molar-refractivity contribution in [3.8, 4) is 0 Å². The molecule has 0 heterocycles. The van der Waals surface area contributed by atoms with Gasteiger partial charge in [-0.25, -0.2) is 0 Å². The SMILES string of the molecule is CCC1CCCCC1(N)C(=O)O. The molecule has 0 aromatic carbocycles. The normalized spacial score (nSPS) is 36.3. The maximum atomic E-state index is 10.9. The number of carboxylic acids is 1. The maximum absolute atomic E-state index is 10.9. The molecule has 0 spiro atoms. The van der Waals surface area contributed by atoms with E-state index in [1.54, 1.807) is 0 Å². The first-order chi connectivity index (χ1) is 5.61. The summed E-state index contributed by atoms with van der Waals surface area (Å²) in [6.07, 6.45) is 4.58. The summed E-state index contributed by atoms with van der Waals surface area (Å²) in [5.41, 5.74) is 4.92. The minimum atomic E-state index is -0.938. The van der Waals surface area contributed by atoms with Crippen LogP contribution >= 0.6 is 0 Å². The standard InChI is InChI=1S/C9H17NO2/c1-2-7-5-3-4-6-9(7,10)8(11)12/h7H,2-6,10H2,1H3,(H,11,12). The molecule has 3 nitrogen and oxygen atoms in total. The third-order valence-corrected chi connectivity index (χ3v) is 3.01. The van der Waals surface area contributed by atoms with Gasteiger partial charge in [-0.05, 0) is 18.8 Å². The second-order valence-electron chi connectivity index (χ2n) is 3.70. The molecule has 2 unspecified atom stereocenters. The molecule has 0 saturated heterocycles. The number of hydrogen-bond acceptors (Lipinski definition) is 2. The Morgan fingerprint density at radius 1 is 1.67 bits per heavy atom. The largest absolute Gasteiger partial charge is 0.480 e. The highest BCUT2D eigenvalue weighted by Gasteiger charge is 2.42. The van der Waals surface area contributed by atoms with Crippen LogP contribution in [0.2, 0.25) is 0 Å². The highest BCUT2D eigenvalue weighted by atomic mass is 16.4. The first-order valence-corrected chi connectivity index (χ1v) is 4.63. The molecule has 0 radical (unpaired) electrons. The van der Waals surface area contributed by atoms with Gasteiger partial charge in [0.15, 0.2) is 0 Å². The van der Waals surface area contributed by atoms with Gasteiger partial charge in [-0.2, -0.15) is 0 Å². The smallest absolute Gasteiger partial charge is 0.323 e. The highest BCUT2D eigenvalue weighted by molar-refractivity contribution is 5.79. The van der Waals surface area contributed by atoms with Gasteiger partial charge >= 0.3 is 5.97 Å². The summed E-state index contributed by atoms with van der Waals surface area (Å²) in [7, 11) is 0. The Kier molecular flexibility index (Phi) is 2.73. The summed E-state index contributed by atoms with van der Waals surface area (Å²) < 4.78 is 0. The van der Waals surface area contributed by atoms with Crippen LogP contribution in [0.3, 0.4) is 0 Å². The molecule has 12 heavy (non-hydrogen) atoms. The molecule has 1 aliphatic rings. The molecule has 1 rings (SSSR count). The Morgan fingerprint density at radius 2 is 2.33 bits per heavy atom. The first-order valence-electron chi connectivity index (χ1n) is 4.63. The second kappa shape index (κ2) is 3.44. The Bertz CT molecular complexity index is 181. The van der Waals surface area contributed by atoms with Gasteiger partial charge in [-0.1, -0.05) is 26.2 Å². The lowest BCUT2D eigenvalue weighted by atomic mass is 9.72. The summed E-state index contributed by atoms with van der Waals surface area (Å²) in [6, 6.07) is 0. The summed E-state index contributed by atoms with van der Waals surface area (Å²) in [4.78, 5) is 10.9. The van der Waals surface area contributed by atoms with E-state index in [-0.39, 0.29) is 5.92 Å². The molecule has 0 amide bonds. The van der Waals surface area contributed by atoms with E-state index < -0.39 is 11.5 Å². The van der Waals surface area contributed by atoms with Crippen molar-refractivity contribution >= 4 is 5.97 Å². The Hall–Kier alpha value is -0.570. The van der Waals surface area contributed by atoms with Crippen LogP contribution in [0.25, 0.3) is 0 Å². The van der Waals surface area contributed by atoms with E-state index in [0.717, 1.165) is 25.7 Å². The van der Waals surface area contributed by atoms with Crippen molar-refractivity contribution in [2.45, 2.75) is 44.6 Å². The van der Waals surface area contributed by atoms with Gasteiger partial charge in [0.05, 0.1) is 0 Å². The summed E-state index contributed by atoms with van der Waals surface area (Å²) in [5.74, 6) is -0.655. The summed E-state index contributed by atoms with van der Waals surface area (Å²) >= 11 is 0. The molecule has 0 aromatic rings. The van der Waals surface area contributed by atoms with Crippen LogP contribution in [0.5, 0.6) is 0 Å². The molecule has 3 heteroatoms. The number of hydrogen-bond donors (Lipinski definition) is 2. The van der Waals surface area contributed by atoms with E-state index in [4.69, 9.17) is 10.8 Å². The fourth-order valence-electron chi connectivity index (χ4n) is 2.12. The number of carboxylic acid groups (broad SMARTS) is 1. The van der Waals surface area contributed by atoms with Crippen molar-refractivity contribution in [1.29, 1.82) is 0 Å². The van der Waals surface area contributed by atoms with Crippen molar-refractivity contribution in [2.24, 2.45) is 11.7 Å². The van der Waals surface area contributed by atoms with Crippen LogP contribution < -0.4 is 5.73 Å². The van der Waals surface area contributed by atoms with Crippen LogP contribution in [0.4, 0.5) is 0 Å². The van der Waals surface area contributed by atoms with Crippen molar-refractivity contribution in [2.75, 3.05) is 0 Å². The van der Waals surface area contributed by atoms with Crippen molar-refractivity contribution < 1.29 is 9.90 Å². The van der Waals surface area contributed by atoms with Gasteiger partial charge in [0.1, 0.15) is 5.54 Å². The predicted molar refractivity (Wildman–Crippen MR) is 46.8 cm³/mol. The van der Waals surface area contributed by atoms with Crippen molar-refractivity contribution in [3.05, 3.63) is 0 Å². The minimum absolute atomic E-state index is 0.170. The Morgan fingerprint density at radius 3 is 2.75 bits per heavy atom. The lowest BCUT2D eigenvalue weighted by Crippen LogP contribution is -2.55. The monoisotopic (exact) mass is 171 g/mol. The van der Waals surface area contributed by atoms with E-state index in [9.17, 15) is 4.79 Å². The first kappa shape index (κ1) is 9.52. The molecule has 3 N–H and O–H groups in total. The van der Waals surface area contributed by atoms with E-state index in [1.165, 1.54) is 0 Å². The van der Waals surface area contributed by atoms with E-state index in [1.807, 2.05) is 6.92 Å². The lowest BCUT2D eigenvalue weighted by molar-refractivity contribution is -0.147. The Balaban J connectivity index is 2.75. The average molecular weight is 171 g/mol. The van der Waals surface area contributed by atoms with Gasteiger partial charge in [0, 0.05) is 0 Å². The third kappa shape index (κ3) is 1.46. The third-order valence-electron chi connectivity index (χ3n) is 3.01. The van der Waals surface area contributed by atoms with Gasteiger partial charge in [0.2, 0.25) is 0 Å². The second-order valence-corrected chi connectivity index (χ2v) is 3.70. The topological polar surface area (TPSA) is 63.3 Å². The lowest BCUT2D eigenvalue weighted by Gasteiger charge is -2.37. The van der Waals surface area contributed by atoms with Crippen LogP contribution in [0, 0.1) is 5.92 Å². The molecule has 0 bridgehead atoms. The molecular weight excluding hydrogens is 154 g/mol. The van der Waals surface area contributed by atoms with Gasteiger partial charge in [-0.3, -0.25) is 4.79 Å². The number of nitrogens with two attached hydrogens (primary N) is 1. The maximum Gasteiger partial charge on any atom is 0.323 e. The quantitative estimate of drug-likeness (QED) is 0.659. The van der Waals surface area contributed by atoms with E-state index in [2.05, 4.69) is 0 Å². The van der Waals surface area contributed by atoms with Crippen LogP contribution in [0.15, 0.2) is 0 Å². The van der Waals surface area contributed by atoms with Gasteiger partial charge in [0.25, 0.3) is 0 Å². The van der Waals surface area contributed by atoms with E-state index in [0.29, 0.717) is 6.42 Å². The van der Waals surface area contributed by atoms with Crippen molar-refractivity contribution in [3.63, 3.8) is 0 Å². The average Bonchev–Trinajstić information content (AvgIpc) is 2.05. The van der Waals surface area contributed by atoms with Gasteiger partial charge in [-0.15, -0.1) is 0 Å². The predicted octanol–water partition coefficient (Wildman–Crippen LogP) is 1.37. The number of aliphatic carboxylic acids is 1. The van der Waals surface area contributed by atoms with Crippen LogP contribution in [-0.2, 0) is 4.79 Å². The zero-order chi connectivity index (χ0) is 9.19. The molecule has 1 aliphatic carbocycles. The molecular formula is C9H17NO2. The van der Waals surface area contributed by atoms with Crippen LogP contribution in [-0.4, -0.2) is 16.6 Å². The fraction of sp³-hybridized carbons (Fsp3) is 0.889.